The van der Waals surface area contributed by atoms with Crippen molar-refractivity contribution < 1.29 is 31.1 Å². The number of H-pyrrole nitrogens is 1. The molecule has 0 fully saturated rings. The minimum Gasteiger partial charge on any atom is -0.495 e. The Hall–Kier alpha value is -3.86. The van der Waals surface area contributed by atoms with Crippen molar-refractivity contribution in [3.63, 3.8) is 0 Å². The van der Waals surface area contributed by atoms with E-state index in [2.05, 4.69) is 9.97 Å². The molecule has 2 aromatic carbocycles. The highest BCUT2D eigenvalue weighted by Gasteiger charge is 2.26. The van der Waals surface area contributed by atoms with Gasteiger partial charge in [-0.15, -0.1) is 0 Å². The maximum absolute atomic E-state index is 15.1. The van der Waals surface area contributed by atoms with E-state index < -0.39 is 44.5 Å². The van der Waals surface area contributed by atoms with Gasteiger partial charge in [-0.2, -0.15) is 0 Å². The second-order valence-electron chi connectivity index (χ2n) is 6.65. The average molecular weight is 461 g/mol. The van der Waals surface area contributed by atoms with E-state index in [1.54, 1.807) is 0 Å². The lowest BCUT2D eigenvalue weighted by Gasteiger charge is -2.12. The van der Waals surface area contributed by atoms with E-state index in [4.69, 9.17) is 4.74 Å². The SMILES string of the molecule is COc1cnc2[nH]cc(C(=O)c3c(F)ccc(NS(=O)(=O)c4ccc(F)cc4)c3F)c2c1. The van der Waals surface area contributed by atoms with Crippen molar-refractivity contribution in [3.8, 4) is 5.75 Å². The number of fused-ring (bicyclic) bond motifs is 1. The summed E-state index contributed by atoms with van der Waals surface area (Å²) in [6, 6.07) is 6.90. The van der Waals surface area contributed by atoms with Crippen molar-refractivity contribution in [3.05, 3.63) is 83.4 Å². The molecule has 0 spiro atoms. The lowest BCUT2D eigenvalue weighted by Crippen LogP contribution is -2.16. The Labute approximate surface area is 179 Å². The molecule has 0 atom stereocenters. The molecular weight excluding hydrogens is 447 g/mol. The predicted molar refractivity (Wildman–Crippen MR) is 110 cm³/mol. The van der Waals surface area contributed by atoms with Crippen LogP contribution in [0.5, 0.6) is 5.75 Å². The van der Waals surface area contributed by atoms with Crippen LogP contribution in [0.3, 0.4) is 0 Å². The minimum absolute atomic E-state index is 0.0808. The number of nitrogens with zero attached hydrogens (tertiary/aromatic N) is 1. The molecule has 2 aromatic heterocycles. The fourth-order valence-corrected chi connectivity index (χ4v) is 4.13. The molecule has 2 heterocycles. The van der Waals surface area contributed by atoms with Crippen LogP contribution in [0.25, 0.3) is 11.0 Å². The van der Waals surface area contributed by atoms with Gasteiger partial charge in [-0.25, -0.2) is 26.6 Å². The molecule has 0 saturated heterocycles. The van der Waals surface area contributed by atoms with Crippen LogP contribution >= 0.6 is 0 Å². The zero-order valence-corrected chi connectivity index (χ0v) is 17.1. The Morgan fingerprint density at radius 3 is 2.50 bits per heavy atom. The fraction of sp³-hybridized carbons (Fsp3) is 0.0476. The number of anilines is 1. The van der Waals surface area contributed by atoms with Crippen LogP contribution in [0, 0.1) is 17.5 Å². The number of halogens is 3. The number of benzene rings is 2. The number of carbonyl (C=O) groups excluding carboxylic acids is 1. The predicted octanol–water partition coefficient (Wildman–Crippen LogP) is 4.02. The first kappa shape index (κ1) is 21.4. The highest BCUT2D eigenvalue weighted by molar-refractivity contribution is 7.92. The first-order chi connectivity index (χ1) is 15.2. The van der Waals surface area contributed by atoms with Gasteiger partial charge in [-0.3, -0.25) is 9.52 Å². The second-order valence-corrected chi connectivity index (χ2v) is 8.33. The lowest BCUT2D eigenvalue weighted by atomic mass is 10.0. The van der Waals surface area contributed by atoms with Crippen molar-refractivity contribution in [2.45, 2.75) is 4.90 Å². The third-order valence-electron chi connectivity index (χ3n) is 4.67. The molecule has 2 N–H and O–H groups in total. The van der Waals surface area contributed by atoms with Gasteiger partial charge in [0.15, 0.2) is 5.82 Å². The molecule has 0 aliphatic carbocycles. The molecular formula is C21H14F3N3O4S. The summed E-state index contributed by atoms with van der Waals surface area (Å²) in [4.78, 5) is 19.5. The Bertz CT molecular complexity index is 1450. The van der Waals surface area contributed by atoms with Crippen LogP contribution in [0.1, 0.15) is 15.9 Å². The van der Waals surface area contributed by atoms with Gasteiger partial charge >= 0.3 is 0 Å². The van der Waals surface area contributed by atoms with Crippen LogP contribution in [-0.4, -0.2) is 31.3 Å². The number of pyridine rings is 1. The second kappa shape index (κ2) is 8.00. The average Bonchev–Trinajstić information content (AvgIpc) is 3.19. The summed E-state index contributed by atoms with van der Waals surface area (Å²) in [7, 11) is -2.93. The zero-order valence-electron chi connectivity index (χ0n) is 16.3. The van der Waals surface area contributed by atoms with Crippen molar-refractivity contribution in [1.29, 1.82) is 0 Å². The normalized spacial score (nSPS) is 11.5. The number of hydrogen-bond donors (Lipinski definition) is 2. The third kappa shape index (κ3) is 3.78. The Morgan fingerprint density at radius 2 is 1.81 bits per heavy atom. The third-order valence-corrected chi connectivity index (χ3v) is 6.05. The minimum atomic E-state index is -4.33. The highest BCUT2D eigenvalue weighted by Crippen LogP contribution is 2.29. The van der Waals surface area contributed by atoms with Gasteiger partial charge in [0, 0.05) is 17.1 Å². The largest absolute Gasteiger partial charge is 0.495 e. The van der Waals surface area contributed by atoms with Gasteiger partial charge < -0.3 is 9.72 Å². The maximum Gasteiger partial charge on any atom is 0.261 e. The molecule has 4 aromatic rings. The quantitative estimate of drug-likeness (QED) is 0.423. The van der Waals surface area contributed by atoms with Gasteiger partial charge in [0.2, 0.25) is 5.78 Å². The number of aromatic amines is 1. The van der Waals surface area contributed by atoms with E-state index in [0.717, 1.165) is 36.4 Å². The molecule has 0 radical (unpaired) electrons. The standard InChI is InChI=1S/C21H14F3N3O4S/c1-31-12-8-14-15(10-26-21(14)25-9-12)20(28)18-16(23)6-7-17(19(18)24)27-32(29,30)13-4-2-11(22)3-5-13/h2-10,27H,1H3,(H,25,26). The summed E-state index contributed by atoms with van der Waals surface area (Å²) < 4.78 is 74.7. The van der Waals surface area contributed by atoms with Crippen LogP contribution in [0.2, 0.25) is 0 Å². The summed E-state index contributed by atoms with van der Waals surface area (Å²) in [6.07, 6.45) is 2.65. The molecule has 7 nitrogen and oxygen atoms in total. The van der Waals surface area contributed by atoms with Gasteiger partial charge in [0.05, 0.1) is 29.5 Å². The number of aromatic nitrogens is 2. The molecule has 0 amide bonds. The molecule has 164 valence electrons. The smallest absolute Gasteiger partial charge is 0.261 e. The van der Waals surface area contributed by atoms with Crippen LogP contribution < -0.4 is 9.46 Å². The van der Waals surface area contributed by atoms with Gasteiger partial charge in [0.1, 0.15) is 23.0 Å². The number of ketones is 1. The molecule has 32 heavy (non-hydrogen) atoms. The van der Waals surface area contributed by atoms with E-state index in [1.807, 2.05) is 4.72 Å². The van der Waals surface area contributed by atoms with Crippen LogP contribution in [0.4, 0.5) is 18.9 Å². The number of rotatable bonds is 6. The van der Waals surface area contributed by atoms with E-state index in [-0.39, 0.29) is 15.8 Å². The highest BCUT2D eigenvalue weighted by atomic mass is 32.2. The summed E-state index contributed by atoms with van der Waals surface area (Å²) in [5.41, 5.74) is -1.38. The Kier molecular flexibility index (Phi) is 5.35. The van der Waals surface area contributed by atoms with Crippen LogP contribution in [0.15, 0.2) is 59.8 Å². The molecule has 0 unspecified atom stereocenters. The summed E-state index contributed by atoms with van der Waals surface area (Å²) in [5.74, 6) is -3.93. The van der Waals surface area contributed by atoms with Crippen molar-refractivity contribution >= 4 is 32.5 Å². The Balaban J connectivity index is 1.76. The number of ether oxygens (including phenoxy) is 1. The monoisotopic (exact) mass is 461 g/mol. The summed E-state index contributed by atoms with van der Waals surface area (Å²) in [5, 5.41) is 0.269. The number of sulfonamides is 1. The van der Waals surface area contributed by atoms with Gasteiger partial charge in [0.25, 0.3) is 10.0 Å². The number of carbonyl (C=O) groups is 1. The number of methoxy groups -OCH3 is 1. The first-order valence-corrected chi connectivity index (χ1v) is 10.5. The van der Waals surface area contributed by atoms with Crippen molar-refractivity contribution in [1.82, 2.24) is 9.97 Å². The molecule has 11 heteroatoms. The van der Waals surface area contributed by atoms with Gasteiger partial charge in [-0.05, 0) is 42.5 Å². The van der Waals surface area contributed by atoms with E-state index in [1.165, 1.54) is 25.6 Å². The first-order valence-electron chi connectivity index (χ1n) is 9.03. The van der Waals surface area contributed by atoms with Crippen molar-refractivity contribution in [2.24, 2.45) is 0 Å². The molecule has 0 aliphatic rings. The Morgan fingerprint density at radius 1 is 1.09 bits per heavy atom. The number of nitrogens with one attached hydrogen (secondary N) is 2. The zero-order chi connectivity index (χ0) is 23.0. The fourth-order valence-electron chi connectivity index (χ4n) is 3.08. The van der Waals surface area contributed by atoms with E-state index >= 15 is 4.39 Å². The molecule has 0 bridgehead atoms. The summed E-state index contributed by atoms with van der Waals surface area (Å²) in [6.45, 7) is 0. The maximum atomic E-state index is 15.1. The molecule has 0 saturated carbocycles. The van der Waals surface area contributed by atoms with E-state index in [9.17, 15) is 22.0 Å². The molecule has 4 rings (SSSR count). The lowest BCUT2D eigenvalue weighted by molar-refractivity contribution is 0.103. The van der Waals surface area contributed by atoms with E-state index in [0.29, 0.717) is 11.4 Å². The van der Waals surface area contributed by atoms with Crippen LogP contribution in [-0.2, 0) is 10.0 Å². The summed E-state index contributed by atoms with van der Waals surface area (Å²) >= 11 is 0. The van der Waals surface area contributed by atoms with Crippen molar-refractivity contribution in [2.75, 3.05) is 11.8 Å². The van der Waals surface area contributed by atoms with Gasteiger partial charge in [-0.1, -0.05) is 0 Å². The topological polar surface area (TPSA) is 101 Å². The molecule has 0 aliphatic heterocycles. The number of hydrogen-bond acceptors (Lipinski definition) is 5.